The van der Waals surface area contributed by atoms with E-state index in [0.29, 0.717) is 11.1 Å². The molecule has 5 nitrogen and oxygen atoms in total. The number of hydrogen-bond acceptors (Lipinski definition) is 4. The minimum Gasteiger partial charge on any atom is -0.452 e. The summed E-state index contributed by atoms with van der Waals surface area (Å²) in [5.74, 6) is -1.74. The number of aryl methyl sites for hydroxylation is 1. The number of rotatable bonds is 4. The molecule has 1 N–H and O–H groups in total. The van der Waals surface area contributed by atoms with E-state index in [-0.39, 0.29) is 11.3 Å². The Hall–Kier alpha value is -3.20. The molecular formula is C17H13FN2O3. The van der Waals surface area contributed by atoms with Crippen LogP contribution in [0.2, 0.25) is 0 Å². The zero-order valence-electron chi connectivity index (χ0n) is 12.3. The van der Waals surface area contributed by atoms with Crippen LogP contribution in [-0.4, -0.2) is 18.5 Å². The highest BCUT2D eigenvalue weighted by Crippen LogP contribution is 2.13. The fraction of sp³-hybridized carbons (Fsp3) is 0.118. The quantitative estimate of drug-likeness (QED) is 0.880. The Balaban J connectivity index is 1.92. The van der Waals surface area contributed by atoms with Crippen LogP contribution in [0.1, 0.15) is 21.5 Å². The first-order valence-corrected chi connectivity index (χ1v) is 6.73. The minimum atomic E-state index is -0.715. The van der Waals surface area contributed by atoms with E-state index in [1.54, 1.807) is 25.1 Å². The van der Waals surface area contributed by atoms with Crippen molar-refractivity contribution in [2.24, 2.45) is 0 Å². The monoisotopic (exact) mass is 312 g/mol. The number of nitriles is 1. The molecule has 0 unspecified atom stereocenters. The number of hydrogen-bond donors (Lipinski definition) is 1. The third-order valence-corrected chi connectivity index (χ3v) is 3.02. The van der Waals surface area contributed by atoms with Crippen molar-refractivity contribution in [2.45, 2.75) is 6.92 Å². The number of esters is 1. The van der Waals surface area contributed by atoms with E-state index >= 15 is 0 Å². The molecule has 116 valence electrons. The van der Waals surface area contributed by atoms with E-state index in [4.69, 9.17) is 10.00 Å². The summed E-state index contributed by atoms with van der Waals surface area (Å²) in [6.07, 6.45) is 0. The second kappa shape index (κ2) is 7.18. The predicted molar refractivity (Wildman–Crippen MR) is 81.2 cm³/mol. The van der Waals surface area contributed by atoms with Gasteiger partial charge in [0.05, 0.1) is 17.2 Å². The van der Waals surface area contributed by atoms with Crippen molar-refractivity contribution >= 4 is 17.6 Å². The number of nitrogens with one attached hydrogen (secondary N) is 1. The van der Waals surface area contributed by atoms with Gasteiger partial charge in [-0.2, -0.15) is 5.26 Å². The highest BCUT2D eigenvalue weighted by Gasteiger charge is 2.11. The van der Waals surface area contributed by atoms with Gasteiger partial charge in [-0.05, 0) is 42.8 Å². The van der Waals surface area contributed by atoms with Gasteiger partial charge in [0.2, 0.25) is 0 Å². The highest BCUT2D eigenvalue weighted by molar-refractivity contribution is 5.95. The van der Waals surface area contributed by atoms with Crippen molar-refractivity contribution in [3.8, 4) is 6.07 Å². The van der Waals surface area contributed by atoms with Gasteiger partial charge in [0.15, 0.2) is 6.61 Å². The molecule has 2 aromatic carbocycles. The third kappa shape index (κ3) is 4.38. The standard InChI is InChI=1S/C17H13FN2O3/c1-11-5-6-14(8-15(11)18)20-16(21)10-23-17(22)13-4-2-3-12(7-13)9-19/h2-8H,10H2,1H3,(H,20,21). The number of ether oxygens (including phenoxy) is 1. The second-order valence-corrected chi connectivity index (χ2v) is 4.78. The number of halogens is 1. The van der Waals surface area contributed by atoms with Gasteiger partial charge in [-0.1, -0.05) is 12.1 Å². The average Bonchev–Trinajstić information content (AvgIpc) is 2.56. The van der Waals surface area contributed by atoms with E-state index in [1.807, 2.05) is 6.07 Å². The zero-order chi connectivity index (χ0) is 16.8. The molecule has 1 amide bonds. The molecule has 23 heavy (non-hydrogen) atoms. The van der Waals surface area contributed by atoms with Crippen LogP contribution >= 0.6 is 0 Å². The van der Waals surface area contributed by atoms with Crippen LogP contribution < -0.4 is 5.32 Å². The van der Waals surface area contributed by atoms with Crippen LogP contribution in [0.5, 0.6) is 0 Å². The maximum Gasteiger partial charge on any atom is 0.338 e. The maximum absolute atomic E-state index is 13.4. The number of carbonyl (C=O) groups excluding carboxylic acids is 2. The lowest BCUT2D eigenvalue weighted by Gasteiger charge is -2.07. The molecule has 0 saturated carbocycles. The number of benzene rings is 2. The Bertz CT molecular complexity index is 797. The van der Waals surface area contributed by atoms with Gasteiger partial charge in [-0.15, -0.1) is 0 Å². The van der Waals surface area contributed by atoms with Gasteiger partial charge >= 0.3 is 5.97 Å². The van der Waals surface area contributed by atoms with Gasteiger partial charge < -0.3 is 10.1 Å². The Labute approximate surface area is 132 Å². The summed E-state index contributed by atoms with van der Waals surface area (Å²) < 4.78 is 18.2. The predicted octanol–water partition coefficient (Wildman–Crippen LogP) is 2.80. The molecule has 2 aromatic rings. The fourth-order valence-corrected chi connectivity index (χ4v) is 1.80. The molecule has 0 spiro atoms. The Morgan fingerprint density at radius 3 is 2.74 bits per heavy atom. The number of carbonyl (C=O) groups is 2. The molecule has 6 heteroatoms. The van der Waals surface area contributed by atoms with Gasteiger partial charge in [0, 0.05) is 5.69 Å². The first kappa shape index (κ1) is 16.2. The second-order valence-electron chi connectivity index (χ2n) is 4.78. The molecule has 0 saturated heterocycles. The van der Waals surface area contributed by atoms with Crippen LogP contribution in [-0.2, 0) is 9.53 Å². The van der Waals surface area contributed by atoms with Gasteiger partial charge in [-0.3, -0.25) is 4.79 Å². The van der Waals surface area contributed by atoms with Crippen molar-refractivity contribution in [1.29, 1.82) is 5.26 Å². The highest BCUT2D eigenvalue weighted by atomic mass is 19.1. The summed E-state index contributed by atoms with van der Waals surface area (Å²) >= 11 is 0. The first-order valence-electron chi connectivity index (χ1n) is 6.73. The summed E-state index contributed by atoms with van der Waals surface area (Å²) in [5.41, 5.74) is 1.24. The number of amides is 1. The SMILES string of the molecule is Cc1ccc(NC(=O)COC(=O)c2cccc(C#N)c2)cc1F. The molecule has 0 aliphatic carbocycles. The third-order valence-electron chi connectivity index (χ3n) is 3.02. The van der Waals surface area contributed by atoms with Crippen molar-refractivity contribution < 1.29 is 18.7 Å². The van der Waals surface area contributed by atoms with Crippen LogP contribution in [0.15, 0.2) is 42.5 Å². The van der Waals surface area contributed by atoms with Gasteiger partial charge in [0.25, 0.3) is 5.91 Å². The van der Waals surface area contributed by atoms with Crippen LogP contribution in [0, 0.1) is 24.1 Å². The zero-order valence-corrected chi connectivity index (χ0v) is 12.3. The summed E-state index contributed by atoms with van der Waals surface area (Å²) in [6.45, 7) is 1.10. The topological polar surface area (TPSA) is 79.2 Å². The Morgan fingerprint density at radius 1 is 1.26 bits per heavy atom. The molecule has 0 atom stereocenters. The molecule has 2 rings (SSSR count). The Morgan fingerprint density at radius 2 is 2.04 bits per heavy atom. The number of anilines is 1. The molecular weight excluding hydrogens is 299 g/mol. The molecule has 0 fully saturated rings. The van der Waals surface area contributed by atoms with Crippen LogP contribution in [0.3, 0.4) is 0 Å². The summed E-state index contributed by atoms with van der Waals surface area (Å²) in [5, 5.41) is 11.2. The van der Waals surface area contributed by atoms with Crippen LogP contribution in [0.25, 0.3) is 0 Å². The maximum atomic E-state index is 13.4. The Kier molecular flexibility index (Phi) is 5.05. The van der Waals surface area contributed by atoms with E-state index in [9.17, 15) is 14.0 Å². The fourth-order valence-electron chi connectivity index (χ4n) is 1.80. The van der Waals surface area contributed by atoms with Crippen molar-refractivity contribution in [2.75, 3.05) is 11.9 Å². The summed E-state index contributed by atoms with van der Waals surface area (Å²) in [7, 11) is 0. The number of nitrogens with zero attached hydrogens (tertiary/aromatic N) is 1. The normalized spacial score (nSPS) is 9.78. The van der Waals surface area contributed by atoms with Crippen LogP contribution in [0.4, 0.5) is 10.1 Å². The smallest absolute Gasteiger partial charge is 0.338 e. The largest absolute Gasteiger partial charge is 0.452 e. The lowest BCUT2D eigenvalue weighted by molar-refractivity contribution is -0.119. The van der Waals surface area contributed by atoms with Crippen molar-refractivity contribution in [3.63, 3.8) is 0 Å². The lowest BCUT2D eigenvalue weighted by atomic mass is 10.1. The van der Waals surface area contributed by atoms with Crippen molar-refractivity contribution in [1.82, 2.24) is 0 Å². The summed E-state index contributed by atoms with van der Waals surface area (Å²) in [4.78, 5) is 23.5. The molecule has 0 radical (unpaired) electrons. The van der Waals surface area contributed by atoms with E-state index < -0.39 is 24.3 Å². The van der Waals surface area contributed by atoms with E-state index in [2.05, 4.69) is 5.32 Å². The van der Waals surface area contributed by atoms with Gasteiger partial charge in [-0.25, -0.2) is 9.18 Å². The molecule has 0 aliphatic rings. The van der Waals surface area contributed by atoms with E-state index in [0.717, 1.165) is 0 Å². The lowest BCUT2D eigenvalue weighted by Crippen LogP contribution is -2.21. The summed E-state index contributed by atoms with van der Waals surface area (Å²) in [6, 6.07) is 12.1. The molecule has 0 bridgehead atoms. The minimum absolute atomic E-state index is 0.179. The van der Waals surface area contributed by atoms with E-state index in [1.165, 1.54) is 24.3 Å². The van der Waals surface area contributed by atoms with Gasteiger partial charge in [0.1, 0.15) is 5.82 Å². The van der Waals surface area contributed by atoms with Crippen molar-refractivity contribution in [3.05, 3.63) is 65.0 Å². The molecule has 0 aromatic heterocycles. The average molecular weight is 312 g/mol. The first-order chi connectivity index (χ1) is 11.0. The molecule has 0 heterocycles. The molecule has 0 aliphatic heterocycles.